The van der Waals surface area contributed by atoms with Gasteiger partial charge < -0.3 is 35.6 Å². The number of amides is 2. The Kier molecular flexibility index (Phi) is 8.19. The van der Waals surface area contributed by atoms with E-state index in [-0.39, 0.29) is 17.9 Å². The lowest BCUT2D eigenvalue weighted by Crippen LogP contribution is -2.57. The third-order valence-electron chi connectivity index (χ3n) is 5.02. The fourth-order valence-corrected chi connectivity index (χ4v) is 3.22. The average molecular weight is 436 g/mol. The Labute approximate surface area is 182 Å². The lowest BCUT2D eigenvalue weighted by atomic mass is 9.94. The van der Waals surface area contributed by atoms with E-state index in [1.165, 1.54) is 18.1 Å². The summed E-state index contributed by atoms with van der Waals surface area (Å²) in [6.45, 7) is 5.88. The Morgan fingerprint density at radius 1 is 1.26 bits per heavy atom. The van der Waals surface area contributed by atoms with Gasteiger partial charge in [-0.3, -0.25) is 9.59 Å². The van der Waals surface area contributed by atoms with Crippen molar-refractivity contribution in [2.45, 2.75) is 51.2 Å². The van der Waals surface area contributed by atoms with Crippen molar-refractivity contribution in [1.82, 2.24) is 5.32 Å². The maximum absolute atomic E-state index is 12.8. The van der Waals surface area contributed by atoms with Crippen LogP contribution in [-0.2, 0) is 14.3 Å². The Hall–Kier alpha value is -2.46. The van der Waals surface area contributed by atoms with Crippen molar-refractivity contribution >= 4 is 23.2 Å². The number of aliphatic hydroxyl groups is 3. The predicted molar refractivity (Wildman–Crippen MR) is 118 cm³/mol. The van der Waals surface area contributed by atoms with Crippen molar-refractivity contribution in [3.63, 3.8) is 0 Å². The highest BCUT2D eigenvalue weighted by Gasteiger charge is 2.38. The number of methoxy groups -OCH3 is 1. The first kappa shape index (κ1) is 24.8. The van der Waals surface area contributed by atoms with Gasteiger partial charge in [-0.15, -0.1) is 0 Å². The molecule has 1 aliphatic heterocycles. The molecule has 0 spiro atoms. The van der Waals surface area contributed by atoms with Gasteiger partial charge in [-0.1, -0.05) is 45.1 Å². The van der Waals surface area contributed by atoms with E-state index in [2.05, 4.69) is 10.6 Å². The van der Waals surface area contributed by atoms with Gasteiger partial charge in [-0.2, -0.15) is 0 Å². The summed E-state index contributed by atoms with van der Waals surface area (Å²) in [5.74, 6) is -1.12. The molecule has 1 aromatic carbocycles. The number of rotatable bonds is 7. The Morgan fingerprint density at radius 2 is 1.90 bits per heavy atom. The molecule has 1 aliphatic rings. The predicted octanol–water partition coefficient (Wildman–Crippen LogP) is 0.260. The molecule has 172 valence electrons. The molecule has 0 fully saturated rings. The van der Waals surface area contributed by atoms with E-state index in [4.69, 9.17) is 4.74 Å². The van der Waals surface area contributed by atoms with Crippen LogP contribution >= 0.6 is 0 Å². The van der Waals surface area contributed by atoms with Gasteiger partial charge in [0.15, 0.2) is 6.10 Å². The van der Waals surface area contributed by atoms with Crippen LogP contribution in [0.2, 0.25) is 0 Å². The van der Waals surface area contributed by atoms with E-state index < -0.39 is 36.4 Å². The number of anilines is 2. The van der Waals surface area contributed by atoms with Crippen LogP contribution in [0.5, 0.6) is 0 Å². The van der Waals surface area contributed by atoms with Crippen LogP contribution in [0, 0.1) is 5.41 Å². The molecule has 1 unspecified atom stereocenters. The van der Waals surface area contributed by atoms with Gasteiger partial charge in [0.2, 0.25) is 0 Å². The van der Waals surface area contributed by atoms with Crippen LogP contribution in [0.15, 0.2) is 36.4 Å². The molecule has 2 rings (SSSR count). The topological polar surface area (TPSA) is 131 Å². The van der Waals surface area contributed by atoms with Gasteiger partial charge in [0.1, 0.15) is 24.4 Å². The summed E-state index contributed by atoms with van der Waals surface area (Å²) in [5.41, 5.74) is 1.19. The van der Waals surface area contributed by atoms with Crippen molar-refractivity contribution in [2.24, 2.45) is 5.41 Å². The SMILES string of the molecule is CO[C@@H](C(=O)NC1CNc2ccccc2N(C)C1=O)[C@H](O)[C@@H](O)[C@H](O)C=CC(C)(C)C. The Balaban J connectivity index is 2.08. The molecule has 0 bridgehead atoms. The number of aliphatic hydroxyl groups excluding tert-OH is 3. The number of fused-ring (bicyclic) bond motifs is 1. The van der Waals surface area contributed by atoms with Crippen molar-refractivity contribution < 1.29 is 29.6 Å². The zero-order valence-electron chi connectivity index (χ0n) is 18.6. The summed E-state index contributed by atoms with van der Waals surface area (Å²) < 4.78 is 5.08. The zero-order chi connectivity index (χ0) is 23.3. The van der Waals surface area contributed by atoms with E-state index in [0.717, 1.165) is 5.69 Å². The van der Waals surface area contributed by atoms with Crippen LogP contribution in [0.1, 0.15) is 20.8 Å². The fourth-order valence-electron chi connectivity index (χ4n) is 3.22. The monoisotopic (exact) mass is 435 g/mol. The smallest absolute Gasteiger partial charge is 0.252 e. The second kappa shape index (κ2) is 10.2. The number of nitrogens with zero attached hydrogens (tertiary/aromatic N) is 1. The van der Waals surface area contributed by atoms with Gasteiger partial charge >= 0.3 is 0 Å². The van der Waals surface area contributed by atoms with Crippen molar-refractivity contribution in [3.05, 3.63) is 36.4 Å². The number of hydrogen-bond donors (Lipinski definition) is 5. The maximum Gasteiger partial charge on any atom is 0.252 e. The summed E-state index contributed by atoms with van der Waals surface area (Å²) in [5, 5.41) is 36.6. The first-order chi connectivity index (χ1) is 14.5. The van der Waals surface area contributed by atoms with Gasteiger partial charge in [0.05, 0.1) is 11.4 Å². The average Bonchev–Trinajstić information content (AvgIpc) is 2.83. The Bertz CT molecular complexity index is 807. The molecule has 5 N–H and O–H groups in total. The van der Waals surface area contributed by atoms with Gasteiger partial charge in [0, 0.05) is 20.7 Å². The minimum absolute atomic E-state index is 0.137. The first-order valence-electron chi connectivity index (χ1n) is 10.1. The van der Waals surface area contributed by atoms with Crippen LogP contribution in [0.3, 0.4) is 0 Å². The number of carbonyl (C=O) groups is 2. The molecule has 0 saturated carbocycles. The minimum Gasteiger partial charge on any atom is -0.387 e. The summed E-state index contributed by atoms with van der Waals surface area (Å²) in [6, 6.07) is 6.34. The normalized spacial score (nSPS) is 21.0. The highest BCUT2D eigenvalue weighted by atomic mass is 16.5. The summed E-state index contributed by atoms with van der Waals surface area (Å²) in [6.07, 6.45) is -3.21. The second-order valence-electron chi connectivity index (χ2n) is 8.71. The quantitative estimate of drug-likeness (QED) is 0.388. The summed E-state index contributed by atoms with van der Waals surface area (Å²) >= 11 is 0. The second-order valence-corrected chi connectivity index (χ2v) is 8.71. The number of likely N-dealkylation sites (N-methyl/N-ethyl adjacent to an activating group) is 1. The highest BCUT2D eigenvalue weighted by Crippen LogP contribution is 2.27. The molecule has 1 heterocycles. The molecule has 1 aromatic rings. The number of carbonyl (C=O) groups excluding carboxylic acids is 2. The number of benzene rings is 1. The van der Waals surface area contributed by atoms with Gasteiger partial charge in [-0.25, -0.2) is 0 Å². The third-order valence-corrected chi connectivity index (χ3v) is 5.02. The van der Waals surface area contributed by atoms with E-state index in [0.29, 0.717) is 5.69 Å². The highest BCUT2D eigenvalue weighted by molar-refractivity contribution is 6.03. The van der Waals surface area contributed by atoms with Crippen LogP contribution in [0.25, 0.3) is 0 Å². The third kappa shape index (κ3) is 6.27. The van der Waals surface area contributed by atoms with Crippen molar-refractivity contribution in [1.29, 1.82) is 0 Å². The largest absolute Gasteiger partial charge is 0.387 e. The first-order valence-corrected chi connectivity index (χ1v) is 10.1. The number of para-hydroxylation sites is 2. The standard InChI is InChI=1S/C22H33N3O6/c1-22(2,3)11-10-16(26)17(27)18(28)19(31-5)20(29)24-14-12-23-13-8-6-7-9-15(13)25(4)21(14)30/h6-11,14,16-19,23,26-28H,12H2,1-5H3,(H,24,29)/t14?,16-,17+,18-,19-/m1/s1. The molecule has 0 radical (unpaired) electrons. The van der Waals surface area contributed by atoms with Crippen molar-refractivity contribution in [3.8, 4) is 0 Å². The molecule has 2 amide bonds. The van der Waals surface area contributed by atoms with E-state index >= 15 is 0 Å². The van der Waals surface area contributed by atoms with E-state index in [1.54, 1.807) is 25.3 Å². The van der Waals surface area contributed by atoms with Crippen LogP contribution < -0.4 is 15.5 Å². The van der Waals surface area contributed by atoms with E-state index in [1.807, 2.05) is 32.9 Å². The van der Waals surface area contributed by atoms with E-state index in [9.17, 15) is 24.9 Å². The number of ether oxygens (including phenoxy) is 1. The van der Waals surface area contributed by atoms with Crippen LogP contribution in [-0.4, -0.2) is 78.3 Å². The lowest BCUT2D eigenvalue weighted by Gasteiger charge is -2.29. The molecule has 9 nitrogen and oxygen atoms in total. The molecule has 0 saturated heterocycles. The summed E-state index contributed by atoms with van der Waals surface area (Å²) in [7, 11) is 2.81. The molecular weight excluding hydrogens is 402 g/mol. The van der Waals surface area contributed by atoms with Crippen molar-refractivity contribution in [2.75, 3.05) is 30.9 Å². The number of nitrogens with one attached hydrogen (secondary N) is 2. The number of allylic oxidation sites excluding steroid dienone is 1. The molecule has 0 aliphatic carbocycles. The number of hydrogen-bond acceptors (Lipinski definition) is 7. The maximum atomic E-state index is 12.8. The van der Waals surface area contributed by atoms with Gasteiger partial charge in [-0.05, 0) is 17.5 Å². The Morgan fingerprint density at radius 3 is 2.52 bits per heavy atom. The molecule has 0 aromatic heterocycles. The molecular formula is C22H33N3O6. The molecule has 31 heavy (non-hydrogen) atoms. The fraction of sp³-hybridized carbons (Fsp3) is 0.545. The van der Waals surface area contributed by atoms with Crippen LogP contribution in [0.4, 0.5) is 11.4 Å². The van der Waals surface area contributed by atoms with Gasteiger partial charge in [0.25, 0.3) is 11.8 Å². The minimum atomic E-state index is -1.71. The lowest BCUT2D eigenvalue weighted by molar-refractivity contribution is -0.150. The summed E-state index contributed by atoms with van der Waals surface area (Å²) in [4.78, 5) is 27.0. The molecule has 5 atom stereocenters. The zero-order valence-corrected chi connectivity index (χ0v) is 18.6. The molecule has 9 heteroatoms.